The number of piperidine rings is 1. The molecule has 0 bridgehead atoms. The van der Waals surface area contributed by atoms with Gasteiger partial charge in [-0.05, 0) is 72.5 Å². The van der Waals surface area contributed by atoms with E-state index in [4.69, 9.17) is 11.6 Å². The van der Waals surface area contributed by atoms with Gasteiger partial charge in [0.15, 0.2) is 0 Å². The highest BCUT2D eigenvalue weighted by atomic mass is 35.5. The lowest BCUT2D eigenvalue weighted by atomic mass is 10.0. The van der Waals surface area contributed by atoms with E-state index in [9.17, 15) is 9.59 Å². The Bertz CT molecular complexity index is 1230. The zero-order valence-corrected chi connectivity index (χ0v) is 22.4. The average molecular weight is 534 g/mol. The van der Waals surface area contributed by atoms with Crippen LogP contribution in [0.25, 0.3) is 0 Å². The maximum Gasteiger partial charge on any atom is 0.251 e. The Morgan fingerprint density at radius 1 is 0.892 bits per heavy atom. The lowest BCUT2D eigenvalue weighted by Crippen LogP contribution is -2.30. The molecule has 5 nitrogen and oxygen atoms in total. The van der Waals surface area contributed by atoms with Crippen molar-refractivity contribution in [2.45, 2.75) is 44.3 Å². The highest BCUT2D eigenvalue weighted by Crippen LogP contribution is 2.39. The van der Waals surface area contributed by atoms with Gasteiger partial charge in [-0.15, -0.1) is 11.8 Å². The predicted molar refractivity (Wildman–Crippen MR) is 150 cm³/mol. The number of nitrogens with zero attached hydrogens (tertiary/aromatic N) is 2. The molecular weight excluding hydrogens is 502 g/mol. The van der Waals surface area contributed by atoms with Crippen molar-refractivity contribution in [2.24, 2.45) is 0 Å². The summed E-state index contributed by atoms with van der Waals surface area (Å²) in [5.41, 5.74) is 5.13. The monoisotopic (exact) mass is 533 g/mol. The van der Waals surface area contributed by atoms with Gasteiger partial charge in [-0.1, -0.05) is 66.6 Å². The van der Waals surface area contributed by atoms with Crippen LogP contribution in [0.3, 0.4) is 0 Å². The number of rotatable bonds is 8. The molecule has 0 aliphatic carbocycles. The third-order valence-electron chi connectivity index (χ3n) is 7.09. The lowest BCUT2D eigenvalue weighted by Gasteiger charge is -2.27. The van der Waals surface area contributed by atoms with Gasteiger partial charge in [-0.3, -0.25) is 14.5 Å². The fourth-order valence-corrected chi connectivity index (χ4v) is 6.32. The number of carbonyl (C=O) groups excluding carboxylic acids is 2. The van der Waals surface area contributed by atoms with Crippen molar-refractivity contribution in [1.82, 2.24) is 15.1 Å². The van der Waals surface area contributed by atoms with Crippen LogP contribution in [0.4, 0.5) is 0 Å². The van der Waals surface area contributed by atoms with Gasteiger partial charge in [0.25, 0.3) is 5.91 Å². The minimum Gasteiger partial charge on any atom is -0.348 e. The Morgan fingerprint density at radius 2 is 1.59 bits per heavy atom. The summed E-state index contributed by atoms with van der Waals surface area (Å²) in [6, 6.07) is 23.6. The molecule has 1 atom stereocenters. The zero-order chi connectivity index (χ0) is 25.6. The molecule has 5 rings (SSSR count). The first-order valence-corrected chi connectivity index (χ1v) is 14.3. The van der Waals surface area contributed by atoms with Crippen molar-refractivity contribution in [2.75, 3.05) is 18.8 Å². The van der Waals surface area contributed by atoms with E-state index in [0.29, 0.717) is 29.4 Å². The molecule has 1 N–H and O–H groups in total. The number of thioether (sulfide) groups is 1. The molecule has 37 heavy (non-hydrogen) atoms. The molecular formula is C30H32ClN3O2S. The van der Waals surface area contributed by atoms with Crippen LogP contribution in [0.5, 0.6) is 0 Å². The van der Waals surface area contributed by atoms with Crippen LogP contribution < -0.4 is 5.32 Å². The van der Waals surface area contributed by atoms with Crippen molar-refractivity contribution >= 4 is 35.2 Å². The molecule has 0 saturated carbocycles. The molecule has 0 radical (unpaired) electrons. The van der Waals surface area contributed by atoms with E-state index in [1.54, 1.807) is 11.8 Å². The summed E-state index contributed by atoms with van der Waals surface area (Å²) in [5.74, 6) is 0.486. The van der Waals surface area contributed by atoms with Crippen LogP contribution in [0.15, 0.2) is 72.8 Å². The number of benzene rings is 3. The number of nitrogens with one attached hydrogen (secondary N) is 1. The Balaban J connectivity index is 1.20. The smallest absolute Gasteiger partial charge is 0.251 e. The predicted octanol–water partition coefficient (Wildman–Crippen LogP) is 6.03. The number of hydrogen-bond donors (Lipinski definition) is 1. The van der Waals surface area contributed by atoms with E-state index >= 15 is 0 Å². The quantitative estimate of drug-likeness (QED) is 0.384. The molecule has 2 heterocycles. The third-order valence-corrected chi connectivity index (χ3v) is 8.60. The van der Waals surface area contributed by atoms with Crippen LogP contribution in [0.1, 0.15) is 57.2 Å². The standard InChI is InChI=1S/C30H32ClN3O2S/c31-27-14-8-22(9-15-27)19-34-28(35)21-37-30(34)24-12-10-23(11-13-24)29(36)32-18-25-6-2-3-7-26(25)20-33-16-4-1-5-17-33/h2-3,6-15,30H,1,4-5,16-21H2,(H,32,36). The van der Waals surface area contributed by atoms with Gasteiger partial charge >= 0.3 is 0 Å². The fourth-order valence-electron chi connectivity index (χ4n) is 5.01. The summed E-state index contributed by atoms with van der Waals surface area (Å²) in [7, 11) is 0. The summed E-state index contributed by atoms with van der Waals surface area (Å²) in [4.78, 5) is 29.9. The van der Waals surface area contributed by atoms with E-state index in [0.717, 1.165) is 36.3 Å². The average Bonchev–Trinajstić information content (AvgIpc) is 3.29. The second-order valence-corrected chi connectivity index (χ2v) is 11.2. The molecule has 1 unspecified atom stereocenters. The van der Waals surface area contributed by atoms with Gasteiger partial charge in [-0.25, -0.2) is 0 Å². The SMILES string of the molecule is O=C(NCc1ccccc1CN1CCCCC1)c1ccc(C2SCC(=O)N2Cc2ccc(Cl)cc2)cc1. The number of carbonyl (C=O) groups is 2. The number of likely N-dealkylation sites (tertiary alicyclic amines) is 1. The van der Waals surface area contributed by atoms with Gasteiger partial charge in [0.05, 0.1) is 5.75 Å². The van der Waals surface area contributed by atoms with Crippen molar-refractivity contribution in [3.63, 3.8) is 0 Å². The molecule has 2 fully saturated rings. The Kier molecular flexibility index (Phi) is 8.49. The number of hydrogen-bond acceptors (Lipinski definition) is 4. The first-order chi connectivity index (χ1) is 18.1. The second kappa shape index (κ2) is 12.2. The van der Waals surface area contributed by atoms with E-state index in [1.165, 1.54) is 24.8 Å². The van der Waals surface area contributed by atoms with Crippen molar-refractivity contribution < 1.29 is 9.59 Å². The summed E-state index contributed by atoms with van der Waals surface area (Å²) in [5, 5.41) is 3.71. The largest absolute Gasteiger partial charge is 0.348 e. The minimum absolute atomic E-state index is 0.0676. The maximum absolute atomic E-state index is 12.9. The van der Waals surface area contributed by atoms with Crippen molar-refractivity contribution in [3.05, 3.63) is 106 Å². The summed E-state index contributed by atoms with van der Waals surface area (Å²) >= 11 is 7.62. The molecule has 0 aromatic heterocycles. The van der Waals surface area contributed by atoms with Gasteiger partial charge in [0.2, 0.25) is 5.91 Å². The molecule has 2 aliphatic rings. The van der Waals surface area contributed by atoms with Crippen molar-refractivity contribution in [1.29, 1.82) is 0 Å². The van der Waals surface area contributed by atoms with E-state index < -0.39 is 0 Å². The normalized spacial score (nSPS) is 18.2. The van der Waals surface area contributed by atoms with E-state index in [-0.39, 0.29) is 17.2 Å². The Labute approximate surface area is 228 Å². The van der Waals surface area contributed by atoms with Gasteiger partial charge in [0, 0.05) is 30.2 Å². The van der Waals surface area contributed by atoms with E-state index in [2.05, 4.69) is 28.4 Å². The summed E-state index contributed by atoms with van der Waals surface area (Å²) in [6.45, 7) is 4.27. The van der Waals surface area contributed by atoms with Gasteiger partial charge < -0.3 is 10.2 Å². The zero-order valence-electron chi connectivity index (χ0n) is 20.9. The van der Waals surface area contributed by atoms with Crippen LogP contribution in [0, 0.1) is 0 Å². The summed E-state index contributed by atoms with van der Waals surface area (Å²) in [6.07, 6.45) is 3.85. The first-order valence-electron chi connectivity index (χ1n) is 12.9. The fraction of sp³-hybridized carbons (Fsp3) is 0.333. The molecule has 2 amide bonds. The Hall–Kier alpha value is -2.80. The first kappa shape index (κ1) is 25.8. The maximum atomic E-state index is 12.9. The number of amides is 2. The second-order valence-electron chi connectivity index (χ2n) is 9.72. The Morgan fingerprint density at radius 3 is 2.32 bits per heavy atom. The van der Waals surface area contributed by atoms with Crippen LogP contribution in [0.2, 0.25) is 5.02 Å². The van der Waals surface area contributed by atoms with Crippen LogP contribution in [-0.4, -0.2) is 40.5 Å². The molecule has 7 heteroatoms. The highest BCUT2D eigenvalue weighted by Gasteiger charge is 2.32. The molecule has 3 aromatic carbocycles. The van der Waals surface area contributed by atoms with E-state index in [1.807, 2.05) is 59.5 Å². The van der Waals surface area contributed by atoms with Crippen molar-refractivity contribution in [3.8, 4) is 0 Å². The highest BCUT2D eigenvalue weighted by molar-refractivity contribution is 8.00. The van der Waals surface area contributed by atoms with Crippen LogP contribution in [-0.2, 0) is 24.4 Å². The number of halogens is 1. The topological polar surface area (TPSA) is 52.7 Å². The lowest BCUT2D eigenvalue weighted by molar-refractivity contribution is -0.128. The minimum atomic E-state index is -0.0903. The van der Waals surface area contributed by atoms with Crippen LogP contribution >= 0.6 is 23.4 Å². The third kappa shape index (κ3) is 6.56. The van der Waals surface area contributed by atoms with Gasteiger partial charge in [0.1, 0.15) is 5.37 Å². The molecule has 3 aromatic rings. The summed E-state index contributed by atoms with van der Waals surface area (Å²) < 4.78 is 0. The molecule has 2 aliphatic heterocycles. The molecule has 192 valence electrons. The molecule has 0 spiro atoms. The molecule has 2 saturated heterocycles. The van der Waals surface area contributed by atoms with Gasteiger partial charge in [-0.2, -0.15) is 0 Å².